The van der Waals surface area contributed by atoms with Crippen molar-refractivity contribution in [3.8, 4) is 11.4 Å². The average Bonchev–Trinajstić information content (AvgIpc) is 3.21. The van der Waals surface area contributed by atoms with Crippen LogP contribution >= 0.6 is 0 Å². The summed E-state index contributed by atoms with van der Waals surface area (Å²) in [6.07, 6.45) is 3.63. The van der Waals surface area contributed by atoms with E-state index in [1.165, 1.54) is 0 Å². The Hall–Kier alpha value is -3.52. The van der Waals surface area contributed by atoms with E-state index in [0.717, 1.165) is 42.3 Å². The molecule has 2 N–H and O–H groups in total. The molecule has 8 heteroatoms. The summed E-state index contributed by atoms with van der Waals surface area (Å²) in [6.45, 7) is 8.67. The molecule has 3 heterocycles. The van der Waals surface area contributed by atoms with E-state index in [1.807, 2.05) is 63.4 Å². The highest BCUT2D eigenvalue weighted by molar-refractivity contribution is 5.97. The maximum Gasteiger partial charge on any atom is 0.272 e. The number of pyridine rings is 1. The first kappa shape index (κ1) is 23.6. The van der Waals surface area contributed by atoms with Crippen LogP contribution in [0, 0.1) is 5.41 Å². The highest BCUT2D eigenvalue weighted by atomic mass is 16.2. The molecular weight excluding hydrogens is 428 g/mol. The van der Waals surface area contributed by atoms with Crippen LogP contribution in [-0.2, 0) is 24.4 Å². The zero-order chi connectivity index (χ0) is 24.3. The quantitative estimate of drug-likeness (QED) is 0.590. The lowest BCUT2D eigenvalue weighted by Crippen LogP contribution is -2.53. The third-order valence-electron chi connectivity index (χ3n) is 6.11. The van der Waals surface area contributed by atoms with Crippen LogP contribution in [0.5, 0.6) is 0 Å². The molecule has 178 valence electrons. The van der Waals surface area contributed by atoms with Crippen molar-refractivity contribution in [3.05, 3.63) is 71.8 Å². The van der Waals surface area contributed by atoms with Gasteiger partial charge in [0.15, 0.2) is 5.69 Å². The Morgan fingerprint density at radius 2 is 1.85 bits per heavy atom. The van der Waals surface area contributed by atoms with Gasteiger partial charge in [0.05, 0.1) is 5.69 Å². The van der Waals surface area contributed by atoms with Crippen LogP contribution in [0.25, 0.3) is 11.4 Å². The van der Waals surface area contributed by atoms with E-state index in [2.05, 4.69) is 31.2 Å². The van der Waals surface area contributed by atoms with Gasteiger partial charge >= 0.3 is 0 Å². The predicted octanol–water partition coefficient (Wildman–Crippen LogP) is 2.85. The summed E-state index contributed by atoms with van der Waals surface area (Å²) in [6, 6.07) is 13.2. The highest BCUT2D eigenvalue weighted by Crippen LogP contribution is 2.28. The van der Waals surface area contributed by atoms with Crippen molar-refractivity contribution < 1.29 is 9.59 Å². The molecule has 1 unspecified atom stereocenters. The second-order valence-corrected chi connectivity index (χ2v) is 9.71. The number of nitrogens with one attached hydrogen (secondary N) is 2. The minimum Gasteiger partial charge on any atom is -0.357 e. The van der Waals surface area contributed by atoms with Gasteiger partial charge in [0.25, 0.3) is 5.91 Å². The van der Waals surface area contributed by atoms with Gasteiger partial charge in [-0.2, -0.15) is 0 Å². The van der Waals surface area contributed by atoms with Crippen molar-refractivity contribution in [1.29, 1.82) is 0 Å². The number of aromatic nitrogens is 3. The summed E-state index contributed by atoms with van der Waals surface area (Å²) in [5.41, 5.74) is 2.85. The maximum atomic E-state index is 13.5. The van der Waals surface area contributed by atoms with E-state index in [1.54, 1.807) is 13.2 Å². The Balaban J connectivity index is 1.68. The topological polar surface area (TPSA) is 92.2 Å². The maximum absolute atomic E-state index is 13.5. The number of fused-ring (bicyclic) bond motifs is 1. The van der Waals surface area contributed by atoms with Gasteiger partial charge in [-0.3, -0.25) is 19.5 Å². The molecule has 3 aromatic rings. The number of nitrogens with zero attached hydrogens (tertiary/aromatic N) is 4. The van der Waals surface area contributed by atoms with Crippen LogP contribution in [0.1, 0.15) is 42.5 Å². The summed E-state index contributed by atoms with van der Waals surface area (Å²) in [4.78, 5) is 37.4. The van der Waals surface area contributed by atoms with Crippen molar-refractivity contribution in [3.63, 3.8) is 0 Å². The second kappa shape index (κ2) is 9.77. The first-order valence-electron chi connectivity index (χ1n) is 11.6. The van der Waals surface area contributed by atoms with Gasteiger partial charge in [0.2, 0.25) is 5.91 Å². The van der Waals surface area contributed by atoms with E-state index in [9.17, 15) is 9.59 Å². The van der Waals surface area contributed by atoms with E-state index < -0.39 is 11.5 Å². The number of amides is 2. The molecular formula is C26H32N6O2. The van der Waals surface area contributed by atoms with Crippen molar-refractivity contribution in [2.75, 3.05) is 13.6 Å². The standard InChI is InChI=1S/C26H32N6O2/c1-26(2,3)22(25(34)27-4)30-24(33)21-20-17-31(16-18-9-8-12-28-15-18)13-14-32(20)23(29-21)19-10-6-5-7-11-19/h5-12,15,22H,13-14,16-17H2,1-4H3,(H,27,34)(H,30,33). The molecule has 34 heavy (non-hydrogen) atoms. The molecule has 0 radical (unpaired) electrons. The van der Waals surface area contributed by atoms with Gasteiger partial charge in [-0.05, 0) is 17.0 Å². The number of benzene rings is 1. The van der Waals surface area contributed by atoms with Crippen molar-refractivity contribution in [1.82, 2.24) is 30.1 Å². The van der Waals surface area contributed by atoms with Gasteiger partial charge in [0, 0.05) is 51.2 Å². The molecule has 0 saturated heterocycles. The van der Waals surface area contributed by atoms with Gasteiger partial charge in [-0.15, -0.1) is 0 Å². The van der Waals surface area contributed by atoms with Gasteiger partial charge in [-0.25, -0.2) is 4.98 Å². The molecule has 1 aliphatic heterocycles. The first-order chi connectivity index (χ1) is 16.3. The Bertz CT molecular complexity index is 1150. The SMILES string of the molecule is CNC(=O)C(NC(=O)c1nc(-c2ccccc2)n2c1CN(Cc1cccnc1)CC2)C(C)(C)C. The smallest absolute Gasteiger partial charge is 0.272 e. The number of rotatable bonds is 6. The van der Waals surface area contributed by atoms with Crippen LogP contribution in [-0.4, -0.2) is 50.9 Å². The number of hydrogen-bond donors (Lipinski definition) is 2. The Morgan fingerprint density at radius 1 is 1.09 bits per heavy atom. The number of carbonyl (C=O) groups excluding carboxylic acids is 2. The summed E-state index contributed by atoms with van der Waals surface area (Å²) in [5, 5.41) is 5.61. The van der Waals surface area contributed by atoms with Crippen LogP contribution in [0.4, 0.5) is 0 Å². The fourth-order valence-corrected chi connectivity index (χ4v) is 4.31. The van der Waals surface area contributed by atoms with E-state index in [4.69, 9.17) is 4.98 Å². The average molecular weight is 461 g/mol. The molecule has 0 bridgehead atoms. The summed E-state index contributed by atoms with van der Waals surface area (Å²) in [5.74, 6) is 0.210. The second-order valence-electron chi connectivity index (χ2n) is 9.71. The van der Waals surface area contributed by atoms with Crippen molar-refractivity contribution >= 4 is 11.8 Å². The summed E-state index contributed by atoms with van der Waals surface area (Å²) >= 11 is 0. The predicted molar refractivity (Wildman–Crippen MR) is 131 cm³/mol. The first-order valence-corrected chi connectivity index (χ1v) is 11.6. The minimum atomic E-state index is -0.683. The lowest BCUT2D eigenvalue weighted by atomic mass is 9.86. The fourth-order valence-electron chi connectivity index (χ4n) is 4.31. The number of imidazole rings is 1. The molecule has 1 aromatic carbocycles. The number of likely N-dealkylation sites (N-methyl/N-ethyl adjacent to an activating group) is 1. The molecule has 4 rings (SSSR count). The van der Waals surface area contributed by atoms with Crippen LogP contribution in [0.3, 0.4) is 0 Å². The van der Waals surface area contributed by atoms with Crippen LogP contribution in [0.2, 0.25) is 0 Å². The van der Waals surface area contributed by atoms with Crippen LogP contribution in [0.15, 0.2) is 54.9 Å². The molecule has 2 aromatic heterocycles. The van der Waals surface area contributed by atoms with Gasteiger partial charge in [-0.1, -0.05) is 57.2 Å². The third kappa shape index (κ3) is 5.02. The zero-order valence-corrected chi connectivity index (χ0v) is 20.2. The molecule has 8 nitrogen and oxygen atoms in total. The molecule has 0 fully saturated rings. The minimum absolute atomic E-state index is 0.226. The Labute approximate surface area is 200 Å². The number of carbonyl (C=O) groups is 2. The summed E-state index contributed by atoms with van der Waals surface area (Å²) < 4.78 is 2.13. The lowest BCUT2D eigenvalue weighted by molar-refractivity contribution is -0.124. The summed E-state index contributed by atoms with van der Waals surface area (Å²) in [7, 11) is 1.58. The van der Waals surface area contributed by atoms with Crippen molar-refractivity contribution in [2.24, 2.45) is 5.41 Å². The lowest BCUT2D eigenvalue weighted by Gasteiger charge is -2.31. The highest BCUT2D eigenvalue weighted by Gasteiger charge is 2.35. The fraction of sp³-hybridized carbons (Fsp3) is 0.385. The van der Waals surface area contributed by atoms with E-state index >= 15 is 0 Å². The molecule has 1 aliphatic rings. The normalized spacial score (nSPS) is 14.8. The number of hydrogen-bond acceptors (Lipinski definition) is 5. The largest absolute Gasteiger partial charge is 0.357 e. The van der Waals surface area contributed by atoms with E-state index in [-0.39, 0.29) is 11.8 Å². The van der Waals surface area contributed by atoms with E-state index in [0.29, 0.717) is 12.2 Å². The molecule has 0 aliphatic carbocycles. The monoisotopic (exact) mass is 460 g/mol. The van der Waals surface area contributed by atoms with Crippen molar-refractivity contribution in [2.45, 2.75) is 46.4 Å². The molecule has 0 saturated carbocycles. The van der Waals surface area contributed by atoms with Gasteiger partial charge in [0.1, 0.15) is 11.9 Å². The van der Waals surface area contributed by atoms with Crippen LogP contribution < -0.4 is 10.6 Å². The molecule has 1 atom stereocenters. The van der Waals surface area contributed by atoms with Gasteiger partial charge < -0.3 is 15.2 Å². The Morgan fingerprint density at radius 3 is 2.50 bits per heavy atom. The third-order valence-corrected chi connectivity index (χ3v) is 6.11. The zero-order valence-electron chi connectivity index (χ0n) is 20.2. The Kier molecular flexibility index (Phi) is 6.79. The molecule has 2 amide bonds. The molecule has 0 spiro atoms.